The lowest BCUT2D eigenvalue weighted by atomic mass is 9.81. The van der Waals surface area contributed by atoms with Crippen molar-refractivity contribution in [3.8, 4) is 0 Å². The fraction of sp³-hybridized carbons (Fsp3) is 0.421. The van der Waals surface area contributed by atoms with E-state index < -0.39 is 11.4 Å². The Bertz CT molecular complexity index is 814. The van der Waals surface area contributed by atoms with Crippen molar-refractivity contribution in [3.05, 3.63) is 42.1 Å². The van der Waals surface area contributed by atoms with Crippen LogP contribution in [0.4, 0.5) is 0 Å². The third kappa shape index (κ3) is 2.27. The Morgan fingerprint density at radius 2 is 2.12 bits per heavy atom. The highest BCUT2D eigenvalue weighted by atomic mass is 16.4. The van der Waals surface area contributed by atoms with Crippen molar-refractivity contribution in [2.45, 2.75) is 25.7 Å². The minimum atomic E-state index is -0.743. The molecule has 1 aliphatic heterocycles. The molecular weight excluding hydrogens is 304 g/mol. The van der Waals surface area contributed by atoms with E-state index in [1.54, 1.807) is 11.1 Å². The van der Waals surface area contributed by atoms with E-state index in [9.17, 15) is 14.7 Å². The van der Waals surface area contributed by atoms with Crippen LogP contribution in [0.5, 0.6) is 0 Å². The van der Waals surface area contributed by atoms with E-state index in [1.165, 1.54) is 0 Å². The molecule has 1 amide bonds. The molecule has 2 atom stereocenters. The molecule has 2 aromatic rings. The van der Waals surface area contributed by atoms with E-state index in [0.717, 1.165) is 29.3 Å². The molecule has 124 valence electrons. The third-order valence-corrected chi connectivity index (χ3v) is 5.71. The number of pyridine rings is 1. The molecule has 1 aromatic heterocycles. The number of para-hydroxylation sites is 1. The summed E-state index contributed by atoms with van der Waals surface area (Å²) in [4.78, 5) is 30.7. The monoisotopic (exact) mass is 324 g/mol. The standard InChI is InChI=1S/C19H20N2O3/c22-16(10-14-5-1-4-13-6-3-9-20-17(13)14)21-11-15-7-2-8-19(15,12-21)18(23)24/h1,3-6,9,15H,2,7-8,10-12H2,(H,23,24)/t15-,19+/m0/s1. The van der Waals surface area contributed by atoms with Gasteiger partial charge in [-0.25, -0.2) is 0 Å². The van der Waals surface area contributed by atoms with Gasteiger partial charge in [0.2, 0.25) is 5.91 Å². The lowest BCUT2D eigenvalue weighted by Gasteiger charge is -2.23. The molecule has 0 radical (unpaired) electrons. The van der Waals surface area contributed by atoms with Gasteiger partial charge >= 0.3 is 5.97 Å². The summed E-state index contributed by atoms with van der Waals surface area (Å²) in [6, 6.07) is 9.71. The quantitative estimate of drug-likeness (QED) is 0.941. The van der Waals surface area contributed by atoms with Crippen LogP contribution in [0.3, 0.4) is 0 Å². The Balaban J connectivity index is 1.56. The number of carbonyl (C=O) groups excluding carboxylic acids is 1. The number of aromatic nitrogens is 1. The minimum Gasteiger partial charge on any atom is -0.481 e. The van der Waals surface area contributed by atoms with Gasteiger partial charge in [0.15, 0.2) is 0 Å². The molecule has 2 heterocycles. The third-order valence-electron chi connectivity index (χ3n) is 5.71. The molecule has 24 heavy (non-hydrogen) atoms. The number of nitrogens with zero attached hydrogens (tertiary/aromatic N) is 2. The number of hydrogen-bond donors (Lipinski definition) is 1. The summed E-state index contributed by atoms with van der Waals surface area (Å²) < 4.78 is 0. The molecule has 0 bridgehead atoms. The molecule has 2 fully saturated rings. The second-order valence-electron chi connectivity index (χ2n) is 6.99. The van der Waals surface area contributed by atoms with Crippen LogP contribution in [0.2, 0.25) is 0 Å². The average Bonchev–Trinajstić information content (AvgIpc) is 3.13. The number of carbonyl (C=O) groups is 2. The molecule has 0 spiro atoms. The lowest BCUT2D eigenvalue weighted by molar-refractivity contribution is -0.149. The van der Waals surface area contributed by atoms with E-state index in [4.69, 9.17) is 0 Å². The number of fused-ring (bicyclic) bond motifs is 2. The van der Waals surface area contributed by atoms with Gasteiger partial charge < -0.3 is 10.0 Å². The summed E-state index contributed by atoms with van der Waals surface area (Å²) in [7, 11) is 0. The van der Waals surface area contributed by atoms with Crippen molar-refractivity contribution < 1.29 is 14.7 Å². The topological polar surface area (TPSA) is 70.5 Å². The first-order valence-electron chi connectivity index (χ1n) is 8.44. The second-order valence-corrected chi connectivity index (χ2v) is 6.99. The van der Waals surface area contributed by atoms with E-state index >= 15 is 0 Å². The fourth-order valence-electron chi connectivity index (χ4n) is 4.41. The first-order valence-corrected chi connectivity index (χ1v) is 8.44. The van der Waals surface area contributed by atoms with Gasteiger partial charge in [0.05, 0.1) is 17.4 Å². The zero-order valence-electron chi connectivity index (χ0n) is 13.4. The number of carboxylic acid groups (broad SMARTS) is 1. The number of rotatable bonds is 3. The van der Waals surface area contributed by atoms with Crippen LogP contribution in [0.25, 0.3) is 10.9 Å². The summed E-state index contributed by atoms with van der Waals surface area (Å²) >= 11 is 0. The van der Waals surface area contributed by atoms with Crippen LogP contribution in [0.1, 0.15) is 24.8 Å². The second kappa shape index (κ2) is 5.58. The SMILES string of the molecule is O=C(Cc1cccc2cccnc12)N1C[C@@H]2CCC[C@@]2(C(=O)O)C1. The Morgan fingerprint density at radius 1 is 1.29 bits per heavy atom. The summed E-state index contributed by atoms with van der Waals surface area (Å²) in [6.45, 7) is 0.924. The lowest BCUT2D eigenvalue weighted by Crippen LogP contribution is -2.37. The summed E-state index contributed by atoms with van der Waals surface area (Å²) in [5.41, 5.74) is 1.03. The molecule has 4 rings (SSSR count). The van der Waals surface area contributed by atoms with Crippen LogP contribution < -0.4 is 0 Å². The van der Waals surface area contributed by atoms with Gasteiger partial charge in [0.25, 0.3) is 0 Å². The maximum absolute atomic E-state index is 12.8. The fourth-order valence-corrected chi connectivity index (χ4v) is 4.41. The van der Waals surface area contributed by atoms with Crippen molar-refractivity contribution in [2.75, 3.05) is 13.1 Å². The molecule has 1 saturated heterocycles. The summed E-state index contributed by atoms with van der Waals surface area (Å²) in [5.74, 6) is -0.639. The van der Waals surface area contributed by atoms with E-state index in [-0.39, 0.29) is 18.2 Å². The summed E-state index contributed by atoms with van der Waals surface area (Å²) in [5, 5.41) is 10.7. The molecule has 5 heteroatoms. The van der Waals surface area contributed by atoms with Gasteiger partial charge in [0, 0.05) is 24.7 Å². The van der Waals surface area contributed by atoms with Crippen LogP contribution in [0, 0.1) is 11.3 Å². The van der Waals surface area contributed by atoms with Gasteiger partial charge in [-0.1, -0.05) is 30.7 Å². The Hall–Kier alpha value is -2.43. The van der Waals surface area contributed by atoms with Crippen molar-refractivity contribution in [2.24, 2.45) is 11.3 Å². The van der Waals surface area contributed by atoms with Gasteiger partial charge in [-0.05, 0) is 30.4 Å². The van der Waals surface area contributed by atoms with Gasteiger partial charge in [-0.2, -0.15) is 0 Å². The first kappa shape index (κ1) is 15.1. The van der Waals surface area contributed by atoms with Crippen LogP contribution >= 0.6 is 0 Å². The van der Waals surface area contributed by atoms with Crippen LogP contribution in [0.15, 0.2) is 36.5 Å². The molecule has 1 aliphatic carbocycles. The predicted molar refractivity (Wildman–Crippen MR) is 89.4 cm³/mol. The molecular formula is C19H20N2O3. The Labute approximate surface area is 140 Å². The molecule has 1 aromatic carbocycles. The van der Waals surface area contributed by atoms with Crippen molar-refractivity contribution in [3.63, 3.8) is 0 Å². The highest BCUT2D eigenvalue weighted by molar-refractivity contribution is 5.88. The predicted octanol–water partition coefficient (Wildman–Crippen LogP) is 2.49. The van der Waals surface area contributed by atoms with Crippen LogP contribution in [-0.2, 0) is 16.0 Å². The zero-order chi connectivity index (χ0) is 16.7. The number of benzene rings is 1. The molecule has 2 aliphatic rings. The van der Waals surface area contributed by atoms with E-state index in [0.29, 0.717) is 19.5 Å². The first-order chi connectivity index (χ1) is 11.6. The maximum atomic E-state index is 12.8. The van der Waals surface area contributed by atoms with Crippen molar-refractivity contribution in [1.82, 2.24) is 9.88 Å². The Morgan fingerprint density at radius 3 is 2.92 bits per heavy atom. The number of carboxylic acids is 1. The number of amides is 1. The van der Waals surface area contributed by atoms with Gasteiger partial charge in [0.1, 0.15) is 0 Å². The number of likely N-dealkylation sites (tertiary alicyclic amines) is 1. The zero-order valence-corrected chi connectivity index (χ0v) is 13.4. The van der Waals surface area contributed by atoms with Gasteiger partial charge in [-0.15, -0.1) is 0 Å². The maximum Gasteiger partial charge on any atom is 0.311 e. The van der Waals surface area contributed by atoms with Crippen LogP contribution in [-0.4, -0.2) is 40.0 Å². The van der Waals surface area contributed by atoms with Gasteiger partial charge in [-0.3, -0.25) is 14.6 Å². The molecule has 1 saturated carbocycles. The molecule has 5 nitrogen and oxygen atoms in total. The number of aliphatic carboxylic acids is 1. The Kier molecular flexibility index (Phi) is 3.52. The van der Waals surface area contributed by atoms with E-state index in [1.807, 2.05) is 30.3 Å². The number of hydrogen-bond acceptors (Lipinski definition) is 3. The normalized spacial score (nSPS) is 25.8. The van der Waals surface area contributed by atoms with Crippen molar-refractivity contribution >= 4 is 22.8 Å². The average molecular weight is 324 g/mol. The van der Waals surface area contributed by atoms with Crippen molar-refractivity contribution in [1.29, 1.82) is 0 Å². The highest BCUT2D eigenvalue weighted by Crippen LogP contribution is 2.48. The smallest absolute Gasteiger partial charge is 0.311 e. The molecule has 1 N–H and O–H groups in total. The summed E-state index contributed by atoms with van der Waals surface area (Å²) in [6.07, 6.45) is 4.55. The minimum absolute atomic E-state index is 0.00294. The molecule has 0 unspecified atom stereocenters. The highest BCUT2D eigenvalue weighted by Gasteiger charge is 2.55. The van der Waals surface area contributed by atoms with E-state index in [2.05, 4.69) is 4.98 Å². The largest absolute Gasteiger partial charge is 0.481 e.